The van der Waals surface area contributed by atoms with Crippen molar-refractivity contribution >= 4 is 5.91 Å². The van der Waals surface area contributed by atoms with Crippen LogP contribution < -0.4 is 5.32 Å². The van der Waals surface area contributed by atoms with E-state index in [2.05, 4.69) is 15.5 Å². The van der Waals surface area contributed by atoms with Gasteiger partial charge in [0.1, 0.15) is 0 Å². The molecular weight excluding hydrogens is 330 g/mol. The van der Waals surface area contributed by atoms with Crippen LogP contribution in [0.4, 0.5) is 0 Å². The summed E-state index contributed by atoms with van der Waals surface area (Å²) in [6.07, 6.45) is 1.70. The zero-order chi connectivity index (χ0) is 18.7. The number of aromatic nitrogens is 4. The molecule has 26 heavy (non-hydrogen) atoms. The highest BCUT2D eigenvalue weighted by atomic mass is 16.5. The van der Waals surface area contributed by atoms with Gasteiger partial charge in [-0.25, -0.2) is 4.68 Å². The van der Waals surface area contributed by atoms with Crippen LogP contribution in [0.25, 0.3) is 5.69 Å². The molecule has 7 nitrogen and oxygen atoms in total. The molecule has 0 aliphatic rings. The second-order valence-electron chi connectivity index (χ2n) is 6.25. The first-order valence-electron chi connectivity index (χ1n) is 8.41. The number of nitrogens with zero attached hydrogens (tertiary/aromatic N) is 4. The molecule has 0 aliphatic carbocycles. The lowest BCUT2D eigenvalue weighted by atomic mass is 10.1. The molecule has 1 unspecified atom stereocenters. The molecule has 0 radical (unpaired) electrons. The van der Waals surface area contributed by atoms with Gasteiger partial charge in [-0.2, -0.15) is 10.2 Å². The molecule has 2 aromatic heterocycles. The molecule has 0 bridgehead atoms. The van der Waals surface area contributed by atoms with E-state index >= 15 is 0 Å². The Balaban J connectivity index is 1.77. The molecule has 1 amide bonds. The zero-order valence-corrected chi connectivity index (χ0v) is 15.4. The number of carbonyl (C=O) groups is 1. The summed E-state index contributed by atoms with van der Waals surface area (Å²) in [5.74, 6) is -0.159. The Bertz CT molecular complexity index is 895. The van der Waals surface area contributed by atoms with Crippen LogP contribution in [0.2, 0.25) is 0 Å². The summed E-state index contributed by atoms with van der Waals surface area (Å²) >= 11 is 0. The molecule has 1 atom stereocenters. The molecule has 1 aromatic carbocycles. The van der Waals surface area contributed by atoms with Gasteiger partial charge < -0.3 is 10.1 Å². The predicted octanol–water partition coefficient (Wildman–Crippen LogP) is 2.34. The van der Waals surface area contributed by atoms with Crippen LogP contribution >= 0.6 is 0 Å². The number of methoxy groups -OCH3 is 1. The number of rotatable bonds is 6. The number of nitrogens with one attached hydrogen (secondary N) is 1. The molecule has 0 saturated carbocycles. The van der Waals surface area contributed by atoms with Crippen LogP contribution in [0, 0.1) is 13.8 Å². The van der Waals surface area contributed by atoms with Gasteiger partial charge in [-0.1, -0.05) is 0 Å². The van der Waals surface area contributed by atoms with Gasteiger partial charge >= 0.3 is 0 Å². The molecule has 0 fully saturated rings. The molecule has 136 valence electrons. The van der Waals surface area contributed by atoms with E-state index in [1.807, 2.05) is 49.8 Å². The molecular formula is C19H23N5O2. The SMILES string of the molecule is COCC(NC(=O)c1ccc(-n2nc(C)cc2C)cc1)c1ccnn1C. The highest BCUT2D eigenvalue weighted by Gasteiger charge is 2.18. The van der Waals surface area contributed by atoms with E-state index in [1.54, 1.807) is 30.1 Å². The Hall–Kier alpha value is -2.93. The topological polar surface area (TPSA) is 74.0 Å². The number of aryl methyl sites for hydroxylation is 3. The van der Waals surface area contributed by atoms with Crippen molar-refractivity contribution in [2.45, 2.75) is 19.9 Å². The lowest BCUT2D eigenvalue weighted by molar-refractivity contribution is 0.0892. The van der Waals surface area contributed by atoms with Gasteiger partial charge in [0.2, 0.25) is 0 Å². The number of amides is 1. The first-order valence-corrected chi connectivity index (χ1v) is 8.41. The van der Waals surface area contributed by atoms with E-state index in [0.29, 0.717) is 12.2 Å². The first kappa shape index (κ1) is 17.9. The maximum atomic E-state index is 12.6. The van der Waals surface area contributed by atoms with Crippen molar-refractivity contribution < 1.29 is 9.53 Å². The van der Waals surface area contributed by atoms with Crippen molar-refractivity contribution in [3.8, 4) is 5.69 Å². The van der Waals surface area contributed by atoms with E-state index in [-0.39, 0.29) is 11.9 Å². The number of hydrogen-bond acceptors (Lipinski definition) is 4. The summed E-state index contributed by atoms with van der Waals surface area (Å²) in [4.78, 5) is 12.6. The van der Waals surface area contributed by atoms with Crippen molar-refractivity contribution in [3.63, 3.8) is 0 Å². The fourth-order valence-electron chi connectivity index (χ4n) is 2.98. The maximum absolute atomic E-state index is 12.6. The minimum atomic E-state index is -0.268. The summed E-state index contributed by atoms with van der Waals surface area (Å²) in [6, 6.07) is 11.0. The Morgan fingerprint density at radius 1 is 1.23 bits per heavy atom. The van der Waals surface area contributed by atoms with Gasteiger partial charge in [-0.05, 0) is 50.2 Å². The maximum Gasteiger partial charge on any atom is 0.251 e. The van der Waals surface area contributed by atoms with Gasteiger partial charge in [0.15, 0.2) is 0 Å². The van der Waals surface area contributed by atoms with Crippen LogP contribution in [0.5, 0.6) is 0 Å². The molecule has 0 aliphatic heterocycles. The van der Waals surface area contributed by atoms with Gasteiger partial charge in [0, 0.05) is 31.6 Å². The second-order valence-corrected chi connectivity index (χ2v) is 6.25. The Kier molecular flexibility index (Phi) is 5.18. The number of benzene rings is 1. The fourth-order valence-corrected chi connectivity index (χ4v) is 2.98. The highest BCUT2D eigenvalue weighted by Crippen LogP contribution is 2.16. The van der Waals surface area contributed by atoms with Crippen LogP contribution in [-0.4, -0.2) is 39.2 Å². The minimum Gasteiger partial charge on any atom is -0.382 e. The van der Waals surface area contributed by atoms with Crippen molar-refractivity contribution in [2.24, 2.45) is 7.05 Å². The lowest BCUT2D eigenvalue weighted by Gasteiger charge is -2.18. The van der Waals surface area contributed by atoms with Gasteiger partial charge in [-0.3, -0.25) is 9.48 Å². The number of hydrogen-bond donors (Lipinski definition) is 1. The predicted molar refractivity (Wildman–Crippen MR) is 98.3 cm³/mol. The van der Waals surface area contributed by atoms with E-state index in [1.165, 1.54) is 0 Å². The molecule has 0 spiro atoms. The fraction of sp³-hybridized carbons (Fsp3) is 0.316. The van der Waals surface area contributed by atoms with Crippen LogP contribution in [0.3, 0.4) is 0 Å². The van der Waals surface area contributed by atoms with Crippen molar-refractivity contribution in [3.05, 3.63) is 65.2 Å². The Morgan fingerprint density at radius 3 is 2.50 bits per heavy atom. The van der Waals surface area contributed by atoms with Crippen molar-refractivity contribution in [1.29, 1.82) is 0 Å². The summed E-state index contributed by atoms with van der Waals surface area (Å²) in [7, 11) is 3.45. The first-order chi connectivity index (χ1) is 12.5. The van der Waals surface area contributed by atoms with Gasteiger partial charge in [-0.15, -0.1) is 0 Å². The van der Waals surface area contributed by atoms with Crippen molar-refractivity contribution in [2.75, 3.05) is 13.7 Å². The molecule has 3 aromatic rings. The van der Waals surface area contributed by atoms with E-state index in [0.717, 1.165) is 22.8 Å². The zero-order valence-electron chi connectivity index (χ0n) is 15.4. The lowest BCUT2D eigenvalue weighted by Crippen LogP contribution is -2.32. The second kappa shape index (κ2) is 7.53. The number of ether oxygens (including phenoxy) is 1. The summed E-state index contributed by atoms with van der Waals surface area (Å²) < 4.78 is 8.84. The monoisotopic (exact) mass is 353 g/mol. The van der Waals surface area contributed by atoms with Gasteiger partial charge in [0.25, 0.3) is 5.91 Å². The molecule has 7 heteroatoms. The van der Waals surface area contributed by atoms with Crippen LogP contribution in [0.15, 0.2) is 42.6 Å². The Labute approximate surface area is 152 Å². The third kappa shape index (κ3) is 3.67. The van der Waals surface area contributed by atoms with E-state index in [9.17, 15) is 4.79 Å². The van der Waals surface area contributed by atoms with Crippen molar-refractivity contribution in [1.82, 2.24) is 24.9 Å². The highest BCUT2D eigenvalue weighted by molar-refractivity contribution is 5.94. The number of carbonyl (C=O) groups excluding carboxylic acids is 1. The third-order valence-electron chi connectivity index (χ3n) is 4.24. The minimum absolute atomic E-state index is 0.159. The quantitative estimate of drug-likeness (QED) is 0.738. The summed E-state index contributed by atoms with van der Waals surface area (Å²) in [5, 5.41) is 11.6. The van der Waals surface area contributed by atoms with E-state index < -0.39 is 0 Å². The molecule has 2 heterocycles. The third-order valence-corrected chi connectivity index (χ3v) is 4.24. The van der Waals surface area contributed by atoms with Crippen LogP contribution in [0.1, 0.15) is 33.5 Å². The normalized spacial score (nSPS) is 12.2. The van der Waals surface area contributed by atoms with Gasteiger partial charge in [0.05, 0.1) is 29.7 Å². The molecule has 1 N–H and O–H groups in total. The summed E-state index contributed by atoms with van der Waals surface area (Å²) in [6.45, 7) is 4.33. The largest absolute Gasteiger partial charge is 0.382 e. The van der Waals surface area contributed by atoms with Crippen LogP contribution in [-0.2, 0) is 11.8 Å². The Morgan fingerprint density at radius 2 is 1.96 bits per heavy atom. The molecule has 3 rings (SSSR count). The smallest absolute Gasteiger partial charge is 0.251 e. The molecule has 0 saturated heterocycles. The summed E-state index contributed by atoms with van der Waals surface area (Å²) in [5.41, 5.74) is 4.41. The standard InChI is InChI=1S/C19H23N5O2/c1-13-11-14(2)24(22-13)16-7-5-15(6-8-16)19(25)21-17(12-26-4)18-9-10-20-23(18)3/h5-11,17H,12H2,1-4H3,(H,21,25). The van der Waals surface area contributed by atoms with E-state index in [4.69, 9.17) is 4.74 Å². The average Bonchev–Trinajstić information content (AvgIpc) is 3.19. The average molecular weight is 353 g/mol.